The molecule has 0 atom stereocenters. The van der Waals surface area contributed by atoms with Gasteiger partial charge in [-0.25, -0.2) is 0 Å². The van der Waals surface area contributed by atoms with Crippen LogP contribution in [-0.4, -0.2) is 40.8 Å². The van der Waals surface area contributed by atoms with Crippen molar-refractivity contribution >= 4 is 35.0 Å². The van der Waals surface area contributed by atoms with E-state index in [-0.39, 0.29) is 17.9 Å². The fourth-order valence-electron chi connectivity index (χ4n) is 2.78. The Morgan fingerprint density at radius 2 is 1.84 bits per heavy atom. The zero-order valence-electron chi connectivity index (χ0n) is 13.4. The molecular weight excluding hydrogens is 361 g/mol. The summed E-state index contributed by atoms with van der Waals surface area (Å²) in [7, 11) is 0. The van der Waals surface area contributed by atoms with Gasteiger partial charge in [0.05, 0.1) is 10.0 Å². The molecule has 0 unspecified atom stereocenters. The fraction of sp³-hybridized carbons (Fsp3) is 0.278. The van der Waals surface area contributed by atoms with Crippen LogP contribution in [0.1, 0.15) is 33.7 Å². The Bertz CT molecular complexity index is 775. The predicted octanol–water partition coefficient (Wildman–Crippen LogP) is 3.42. The van der Waals surface area contributed by atoms with Gasteiger partial charge in [0, 0.05) is 30.9 Å². The van der Waals surface area contributed by atoms with Gasteiger partial charge in [0.2, 0.25) is 0 Å². The average Bonchev–Trinajstić information content (AvgIpc) is 2.64. The van der Waals surface area contributed by atoms with E-state index in [1.807, 2.05) is 0 Å². The molecule has 1 aliphatic heterocycles. The molecule has 0 radical (unpaired) electrons. The first-order valence-corrected chi connectivity index (χ1v) is 8.76. The van der Waals surface area contributed by atoms with Gasteiger partial charge in [-0.1, -0.05) is 29.3 Å². The maximum absolute atomic E-state index is 12.4. The van der Waals surface area contributed by atoms with Crippen molar-refractivity contribution in [2.24, 2.45) is 0 Å². The Hall–Kier alpha value is -2.11. The zero-order valence-corrected chi connectivity index (χ0v) is 14.9. The molecule has 1 aromatic heterocycles. The smallest absolute Gasteiger partial charge is 0.272 e. The second-order valence-corrected chi connectivity index (χ2v) is 6.70. The Kier molecular flexibility index (Phi) is 5.56. The highest BCUT2D eigenvalue weighted by Crippen LogP contribution is 2.23. The molecule has 1 saturated heterocycles. The fourth-order valence-corrected chi connectivity index (χ4v) is 3.08. The Morgan fingerprint density at radius 1 is 1.08 bits per heavy atom. The van der Waals surface area contributed by atoms with Gasteiger partial charge in [0.15, 0.2) is 0 Å². The van der Waals surface area contributed by atoms with Crippen LogP contribution in [0.25, 0.3) is 0 Å². The molecule has 2 heterocycles. The number of aromatic nitrogens is 1. The van der Waals surface area contributed by atoms with E-state index in [1.165, 1.54) is 0 Å². The molecule has 1 aliphatic rings. The lowest BCUT2D eigenvalue weighted by molar-refractivity contribution is 0.0692. The first kappa shape index (κ1) is 17.7. The van der Waals surface area contributed by atoms with E-state index in [4.69, 9.17) is 23.2 Å². The topological polar surface area (TPSA) is 62.3 Å². The Morgan fingerprint density at radius 3 is 2.48 bits per heavy atom. The molecule has 2 amide bonds. The highest BCUT2D eigenvalue weighted by Gasteiger charge is 2.25. The first-order valence-electron chi connectivity index (χ1n) is 8.01. The van der Waals surface area contributed by atoms with Crippen molar-refractivity contribution in [3.63, 3.8) is 0 Å². The highest BCUT2D eigenvalue weighted by atomic mass is 35.5. The summed E-state index contributed by atoms with van der Waals surface area (Å²) in [5.74, 6) is -0.261. The van der Waals surface area contributed by atoms with Crippen LogP contribution in [0.15, 0.2) is 42.6 Å². The van der Waals surface area contributed by atoms with Crippen LogP contribution in [0, 0.1) is 0 Å². The van der Waals surface area contributed by atoms with Crippen LogP contribution in [0.5, 0.6) is 0 Å². The molecule has 0 aliphatic carbocycles. The number of carbonyl (C=O) groups excluding carboxylic acids is 2. The lowest BCUT2D eigenvalue weighted by atomic mass is 10.0. The monoisotopic (exact) mass is 377 g/mol. The Labute approximate surface area is 155 Å². The summed E-state index contributed by atoms with van der Waals surface area (Å²) < 4.78 is 0. The molecule has 25 heavy (non-hydrogen) atoms. The second kappa shape index (κ2) is 7.85. The van der Waals surface area contributed by atoms with E-state index in [1.54, 1.807) is 47.5 Å². The quantitative estimate of drug-likeness (QED) is 0.890. The lowest BCUT2D eigenvalue weighted by Gasteiger charge is -2.32. The van der Waals surface area contributed by atoms with Crippen molar-refractivity contribution in [2.45, 2.75) is 18.9 Å². The maximum atomic E-state index is 12.4. The molecular formula is C18H17Cl2N3O2. The third-order valence-electron chi connectivity index (χ3n) is 4.18. The van der Waals surface area contributed by atoms with Crippen molar-refractivity contribution < 1.29 is 9.59 Å². The third-order valence-corrected chi connectivity index (χ3v) is 4.92. The number of pyridine rings is 1. The third kappa shape index (κ3) is 4.30. The van der Waals surface area contributed by atoms with Gasteiger partial charge >= 0.3 is 0 Å². The van der Waals surface area contributed by atoms with Gasteiger partial charge < -0.3 is 10.2 Å². The number of carbonyl (C=O) groups is 2. The van der Waals surface area contributed by atoms with E-state index < -0.39 is 0 Å². The van der Waals surface area contributed by atoms with Crippen LogP contribution in [-0.2, 0) is 0 Å². The van der Waals surface area contributed by atoms with E-state index in [0.29, 0.717) is 47.2 Å². The van der Waals surface area contributed by atoms with Crippen molar-refractivity contribution in [1.82, 2.24) is 15.2 Å². The van der Waals surface area contributed by atoms with E-state index in [2.05, 4.69) is 10.3 Å². The summed E-state index contributed by atoms with van der Waals surface area (Å²) in [6, 6.07) is 10.1. The number of rotatable bonds is 3. The van der Waals surface area contributed by atoms with Gasteiger partial charge in [0.1, 0.15) is 5.69 Å². The number of piperidine rings is 1. The summed E-state index contributed by atoms with van der Waals surface area (Å²) in [5.41, 5.74) is 0.919. The van der Waals surface area contributed by atoms with Gasteiger partial charge in [0.25, 0.3) is 11.8 Å². The van der Waals surface area contributed by atoms with E-state index >= 15 is 0 Å². The summed E-state index contributed by atoms with van der Waals surface area (Å²) >= 11 is 11.8. The van der Waals surface area contributed by atoms with Gasteiger partial charge in [-0.05, 0) is 43.2 Å². The van der Waals surface area contributed by atoms with Crippen molar-refractivity contribution in [3.05, 3.63) is 63.9 Å². The van der Waals surface area contributed by atoms with Crippen LogP contribution in [0.3, 0.4) is 0 Å². The Balaban J connectivity index is 1.54. The number of hydrogen-bond donors (Lipinski definition) is 1. The number of likely N-dealkylation sites (tertiary alicyclic amines) is 1. The molecule has 0 bridgehead atoms. The largest absolute Gasteiger partial charge is 0.349 e. The zero-order chi connectivity index (χ0) is 17.8. The van der Waals surface area contributed by atoms with Crippen LogP contribution in [0.4, 0.5) is 0 Å². The molecule has 2 aromatic rings. The highest BCUT2D eigenvalue weighted by molar-refractivity contribution is 6.42. The minimum atomic E-state index is -0.187. The number of nitrogens with zero attached hydrogens (tertiary/aromatic N) is 2. The second-order valence-electron chi connectivity index (χ2n) is 5.88. The summed E-state index contributed by atoms with van der Waals surface area (Å²) in [4.78, 5) is 30.5. The molecule has 0 spiro atoms. The molecule has 5 nitrogen and oxygen atoms in total. The van der Waals surface area contributed by atoms with Crippen molar-refractivity contribution in [2.75, 3.05) is 13.1 Å². The molecule has 1 N–H and O–H groups in total. The number of halogens is 2. The van der Waals surface area contributed by atoms with Gasteiger partial charge in [-0.2, -0.15) is 0 Å². The minimum absolute atomic E-state index is 0.0229. The van der Waals surface area contributed by atoms with Crippen molar-refractivity contribution in [1.29, 1.82) is 0 Å². The molecule has 1 aromatic carbocycles. The standard InChI is InChI=1S/C18H17Cl2N3O2/c19-14-5-4-12(11-15(14)20)17(24)22-13-6-9-23(10-7-13)18(25)16-3-1-2-8-21-16/h1-5,8,11,13H,6-7,9-10H2,(H,22,24). The van der Waals surface area contributed by atoms with Crippen LogP contribution in [0.2, 0.25) is 10.0 Å². The number of nitrogens with one attached hydrogen (secondary N) is 1. The van der Waals surface area contributed by atoms with Crippen LogP contribution >= 0.6 is 23.2 Å². The summed E-state index contributed by atoms with van der Waals surface area (Å²) in [5, 5.41) is 3.76. The summed E-state index contributed by atoms with van der Waals surface area (Å²) in [6.07, 6.45) is 3.01. The molecule has 1 fully saturated rings. The maximum Gasteiger partial charge on any atom is 0.272 e. The molecule has 3 rings (SSSR count). The average molecular weight is 378 g/mol. The molecule has 7 heteroatoms. The number of benzene rings is 1. The molecule has 0 saturated carbocycles. The van der Waals surface area contributed by atoms with Gasteiger partial charge in [-0.15, -0.1) is 0 Å². The number of hydrogen-bond acceptors (Lipinski definition) is 3. The van der Waals surface area contributed by atoms with E-state index in [0.717, 1.165) is 0 Å². The normalized spacial score (nSPS) is 15.0. The predicted molar refractivity (Wildman–Crippen MR) is 97.1 cm³/mol. The minimum Gasteiger partial charge on any atom is -0.349 e. The van der Waals surface area contributed by atoms with Crippen molar-refractivity contribution in [3.8, 4) is 0 Å². The SMILES string of the molecule is O=C(NC1CCN(C(=O)c2ccccn2)CC1)c1ccc(Cl)c(Cl)c1. The van der Waals surface area contributed by atoms with Crippen LogP contribution < -0.4 is 5.32 Å². The number of amides is 2. The molecule has 130 valence electrons. The lowest BCUT2D eigenvalue weighted by Crippen LogP contribution is -2.46. The first-order chi connectivity index (χ1) is 12.0. The van der Waals surface area contributed by atoms with E-state index in [9.17, 15) is 9.59 Å². The van der Waals surface area contributed by atoms with Gasteiger partial charge in [-0.3, -0.25) is 14.6 Å². The summed E-state index contributed by atoms with van der Waals surface area (Å²) in [6.45, 7) is 1.17.